The van der Waals surface area contributed by atoms with Crippen molar-refractivity contribution in [3.8, 4) is 11.1 Å². The first-order valence-electron chi connectivity index (χ1n) is 13.2. The number of hydrogen-bond donors (Lipinski definition) is 1. The van der Waals surface area contributed by atoms with Gasteiger partial charge in [-0.15, -0.1) is 22.7 Å². The summed E-state index contributed by atoms with van der Waals surface area (Å²) >= 11 is 2.88. The van der Waals surface area contributed by atoms with Crippen LogP contribution in [0.5, 0.6) is 0 Å². The lowest BCUT2D eigenvalue weighted by Crippen LogP contribution is -2.28. The third-order valence-electron chi connectivity index (χ3n) is 7.44. The molecular weight excluding hydrogens is 518 g/mol. The van der Waals surface area contributed by atoms with Crippen molar-refractivity contribution in [2.75, 3.05) is 11.9 Å². The smallest absolute Gasteiger partial charge is 0.341 e. The molecule has 0 unspecified atom stereocenters. The van der Waals surface area contributed by atoms with E-state index in [0.29, 0.717) is 20.8 Å². The zero-order chi connectivity index (χ0) is 26.2. The quantitative estimate of drug-likeness (QED) is 0.310. The zero-order valence-electron chi connectivity index (χ0n) is 21.3. The number of anilines is 1. The van der Waals surface area contributed by atoms with Crippen molar-refractivity contribution in [2.45, 2.75) is 64.8 Å². The van der Waals surface area contributed by atoms with Crippen LogP contribution in [0.15, 0.2) is 34.7 Å². The van der Waals surface area contributed by atoms with E-state index in [1.807, 2.05) is 5.38 Å². The van der Waals surface area contributed by atoms with Crippen LogP contribution in [0.4, 0.5) is 5.00 Å². The maximum atomic E-state index is 13.6. The molecule has 2 aliphatic rings. The average Bonchev–Trinajstić information content (AvgIpc) is 3.52. The van der Waals surface area contributed by atoms with E-state index >= 15 is 0 Å². The van der Waals surface area contributed by atoms with Crippen molar-refractivity contribution < 1.29 is 14.3 Å². The van der Waals surface area contributed by atoms with Crippen LogP contribution in [0.25, 0.3) is 21.3 Å². The number of carbonyl (C=O) groups excluding carboxylic acids is 2. The fourth-order valence-electron chi connectivity index (χ4n) is 5.59. The van der Waals surface area contributed by atoms with E-state index in [1.54, 1.807) is 6.92 Å². The van der Waals surface area contributed by atoms with Gasteiger partial charge in [0.25, 0.3) is 5.56 Å². The highest BCUT2D eigenvalue weighted by Gasteiger charge is 2.27. The van der Waals surface area contributed by atoms with Crippen LogP contribution in [-0.2, 0) is 41.8 Å². The molecule has 0 spiro atoms. The van der Waals surface area contributed by atoms with Gasteiger partial charge in [-0.2, -0.15) is 0 Å². The van der Waals surface area contributed by atoms with E-state index in [4.69, 9.17) is 4.74 Å². The third-order valence-corrected chi connectivity index (χ3v) is 9.53. The fraction of sp³-hybridized carbons (Fsp3) is 0.379. The summed E-state index contributed by atoms with van der Waals surface area (Å²) in [6.07, 6.45) is 9.79. The number of benzene rings is 1. The molecule has 0 aliphatic heterocycles. The van der Waals surface area contributed by atoms with Gasteiger partial charge >= 0.3 is 5.97 Å². The van der Waals surface area contributed by atoms with Gasteiger partial charge in [-0.25, -0.2) is 9.78 Å². The summed E-state index contributed by atoms with van der Waals surface area (Å²) in [5, 5.41) is 5.93. The van der Waals surface area contributed by atoms with Crippen LogP contribution in [-0.4, -0.2) is 28.0 Å². The molecule has 0 fully saturated rings. The van der Waals surface area contributed by atoms with Gasteiger partial charge in [0.2, 0.25) is 5.91 Å². The van der Waals surface area contributed by atoms with Gasteiger partial charge < -0.3 is 10.1 Å². The van der Waals surface area contributed by atoms with Crippen LogP contribution < -0.4 is 10.9 Å². The molecule has 9 heteroatoms. The largest absolute Gasteiger partial charge is 0.462 e. The Bertz CT molecular complexity index is 1610. The van der Waals surface area contributed by atoms with Gasteiger partial charge in [-0.05, 0) is 80.5 Å². The lowest BCUT2D eigenvalue weighted by atomic mass is 9.89. The number of aryl methyl sites for hydroxylation is 3. The van der Waals surface area contributed by atoms with E-state index in [-0.39, 0.29) is 24.6 Å². The normalized spacial score (nSPS) is 14.7. The molecule has 6 rings (SSSR count). The summed E-state index contributed by atoms with van der Waals surface area (Å²) < 4.78 is 6.64. The molecule has 0 saturated carbocycles. The molecule has 1 amide bonds. The molecule has 196 valence electrons. The zero-order valence-corrected chi connectivity index (χ0v) is 22.9. The SMILES string of the molecule is CCOC(=O)c1c(NC(=O)Cn2cnc3scc(-c4ccc5c(c4)CCCC5)c3c2=O)sc2c1CCCC2. The monoisotopic (exact) mass is 547 g/mol. The van der Waals surface area contributed by atoms with E-state index in [0.717, 1.165) is 60.1 Å². The molecule has 1 aromatic carbocycles. The van der Waals surface area contributed by atoms with Crippen LogP contribution in [0.1, 0.15) is 64.5 Å². The molecule has 0 bridgehead atoms. The standard InChI is InChI=1S/C29H29N3O4S2/c1-2-36-29(35)25-20-9-5-6-10-22(20)38-27(25)31-23(33)14-32-16-30-26-24(28(32)34)21(15-37-26)19-12-11-17-7-3-4-8-18(17)13-19/h11-13,15-16H,2-10,14H2,1H3,(H,31,33). The van der Waals surface area contributed by atoms with E-state index in [1.165, 1.54) is 57.5 Å². The second-order valence-electron chi connectivity index (χ2n) is 9.88. The van der Waals surface area contributed by atoms with Gasteiger partial charge in [0.05, 0.1) is 23.9 Å². The van der Waals surface area contributed by atoms with Gasteiger partial charge in [-0.1, -0.05) is 18.2 Å². The lowest BCUT2D eigenvalue weighted by molar-refractivity contribution is -0.116. The number of fused-ring (bicyclic) bond motifs is 3. The number of nitrogens with zero attached hydrogens (tertiary/aromatic N) is 2. The average molecular weight is 548 g/mol. The van der Waals surface area contributed by atoms with Gasteiger partial charge in [0, 0.05) is 15.8 Å². The number of ether oxygens (including phenoxy) is 1. The minimum Gasteiger partial charge on any atom is -0.462 e. The Morgan fingerprint density at radius 2 is 1.87 bits per heavy atom. The van der Waals surface area contributed by atoms with Crippen LogP contribution >= 0.6 is 22.7 Å². The Balaban J connectivity index is 1.29. The minimum absolute atomic E-state index is 0.188. The molecule has 0 saturated heterocycles. The van der Waals surface area contributed by atoms with E-state index in [2.05, 4.69) is 28.5 Å². The van der Waals surface area contributed by atoms with Crippen LogP contribution in [0.3, 0.4) is 0 Å². The summed E-state index contributed by atoms with van der Waals surface area (Å²) in [7, 11) is 0. The number of hydrogen-bond acceptors (Lipinski definition) is 7. The molecule has 0 atom stereocenters. The molecule has 2 aliphatic carbocycles. The Labute approximate surface area is 228 Å². The first-order chi connectivity index (χ1) is 18.5. The highest BCUT2D eigenvalue weighted by molar-refractivity contribution is 7.17. The highest BCUT2D eigenvalue weighted by Crippen LogP contribution is 2.39. The Hall–Kier alpha value is -3.30. The van der Waals surface area contributed by atoms with Crippen molar-refractivity contribution in [2.24, 2.45) is 0 Å². The van der Waals surface area contributed by atoms with Gasteiger partial charge in [-0.3, -0.25) is 14.2 Å². The predicted molar refractivity (Wildman–Crippen MR) is 152 cm³/mol. The van der Waals surface area contributed by atoms with Crippen molar-refractivity contribution >= 4 is 49.8 Å². The summed E-state index contributed by atoms with van der Waals surface area (Å²) in [6.45, 7) is 1.85. The molecule has 3 aromatic heterocycles. The van der Waals surface area contributed by atoms with Crippen LogP contribution in [0, 0.1) is 0 Å². The summed E-state index contributed by atoms with van der Waals surface area (Å²) in [5.74, 6) is -0.779. The fourth-order valence-corrected chi connectivity index (χ4v) is 7.79. The number of thiophene rings is 2. The number of rotatable bonds is 6. The molecular formula is C29H29N3O4S2. The molecule has 38 heavy (non-hydrogen) atoms. The Morgan fingerprint density at radius 1 is 1.08 bits per heavy atom. The van der Waals surface area contributed by atoms with Crippen molar-refractivity contribution in [1.29, 1.82) is 0 Å². The second-order valence-corrected chi connectivity index (χ2v) is 11.8. The number of nitrogens with one attached hydrogen (secondary N) is 1. The molecule has 4 aromatic rings. The first-order valence-corrected chi connectivity index (χ1v) is 14.9. The number of esters is 1. The van der Waals surface area contributed by atoms with E-state index < -0.39 is 5.97 Å². The summed E-state index contributed by atoms with van der Waals surface area (Å²) in [6, 6.07) is 6.47. The van der Waals surface area contributed by atoms with E-state index in [9.17, 15) is 14.4 Å². The second kappa shape index (κ2) is 10.5. The predicted octanol–water partition coefficient (Wildman–Crippen LogP) is 5.76. The van der Waals surface area contributed by atoms with Gasteiger partial charge in [0.1, 0.15) is 16.4 Å². The third kappa shape index (κ3) is 4.58. The lowest BCUT2D eigenvalue weighted by Gasteiger charge is -2.16. The molecule has 3 heterocycles. The molecule has 0 radical (unpaired) electrons. The Kier molecular flexibility index (Phi) is 6.88. The molecule has 1 N–H and O–H groups in total. The summed E-state index contributed by atoms with van der Waals surface area (Å²) in [4.78, 5) is 45.7. The maximum Gasteiger partial charge on any atom is 0.341 e. The number of carbonyl (C=O) groups is 2. The number of amides is 1. The first kappa shape index (κ1) is 25.0. The number of aromatic nitrogens is 2. The summed E-state index contributed by atoms with van der Waals surface area (Å²) in [5.41, 5.74) is 5.84. The van der Waals surface area contributed by atoms with Crippen molar-refractivity contribution in [1.82, 2.24) is 9.55 Å². The van der Waals surface area contributed by atoms with Crippen LogP contribution in [0.2, 0.25) is 0 Å². The van der Waals surface area contributed by atoms with Gasteiger partial charge in [0.15, 0.2) is 0 Å². The van der Waals surface area contributed by atoms with Crippen molar-refractivity contribution in [3.63, 3.8) is 0 Å². The highest BCUT2D eigenvalue weighted by atomic mass is 32.1. The molecule has 7 nitrogen and oxygen atoms in total. The minimum atomic E-state index is -0.407. The topological polar surface area (TPSA) is 90.3 Å². The maximum absolute atomic E-state index is 13.6. The van der Waals surface area contributed by atoms with Crippen molar-refractivity contribution in [3.05, 3.63) is 67.4 Å². The Morgan fingerprint density at radius 3 is 2.71 bits per heavy atom.